The van der Waals surface area contributed by atoms with E-state index in [1.54, 1.807) is 12.3 Å². The monoisotopic (exact) mass is 344 g/mol. The van der Waals surface area contributed by atoms with E-state index in [-0.39, 0.29) is 5.91 Å². The fourth-order valence-electron chi connectivity index (χ4n) is 2.88. The Morgan fingerprint density at radius 1 is 1.12 bits per heavy atom. The molecule has 6 heteroatoms. The van der Waals surface area contributed by atoms with Crippen molar-refractivity contribution >= 4 is 29.4 Å². The second-order valence-electron chi connectivity index (χ2n) is 5.88. The number of amides is 1. The SMILES string of the molecule is O=Cc1ccccc1N1C=CC2=NC(C(=O)Nc3ccccc3)=C[N+]2C1. The number of aldehydes is 1. The minimum Gasteiger partial charge on any atom is -0.320 e. The van der Waals surface area contributed by atoms with Gasteiger partial charge in [0.1, 0.15) is 0 Å². The van der Waals surface area contributed by atoms with Crippen LogP contribution in [0.25, 0.3) is 0 Å². The predicted molar refractivity (Wildman–Crippen MR) is 101 cm³/mol. The number of rotatable bonds is 4. The third-order valence-corrected chi connectivity index (χ3v) is 4.15. The van der Waals surface area contributed by atoms with Crippen LogP contribution in [0.1, 0.15) is 10.4 Å². The van der Waals surface area contributed by atoms with Crippen molar-refractivity contribution in [3.8, 4) is 0 Å². The van der Waals surface area contributed by atoms with Crippen LogP contribution < -0.4 is 15.1 Å². The van der Waals surface area contributed by atoms with Gasteiger partial charge in [-0.2, -0.15) is 4.99 Å². The van der Waals surface area contributed by atoms with Gasteiger partial charge >= 0.3 is 0 Å². The highest BCUT2D eigenvalue weighted by Gasteiger charge is 2.35. The molecule has 0 bridgehead atoms. The van der Waals surface area contributed by atoms with E-state index in [1.807, 2.05) is 70.6 Å². The fraction of sp³-hybridized carbons (Fsp3) is 0.0500. The maximum atomic E-state index is 12.4. The molecule has 0 saturated heterocycles. The summed E-state index contributed by atoms with van der Waals surface area (Å²) < 4.78 is 0. The van der Waals surface area contributed by atoms with E-state index >= 15 is 0 Å². The van der Waals surface area contributed by atoms with Crippen LogP contribution in [-0.4, -0.2) is 24.7 Å². The van der Waals surface area contributed by atoms with Crippen LogP contribution in [0.3, 0.4) is 0 Å². The van der Waals surface area contributed by atoms with Crippen LogP contribution in [0, 0.1) is 0 Å². The Hall–Kier alpha value is -3.51. The van der Waals surface area contributed by atoms with Crippen molar-refractivity contribution in [3.63, 3.8) is 0 Å². The molecule has 1 N–H and O–H groups in total. The molecule has 2 aromatic rings. The maximum absolute atomic E-state index is 12.4. The quantitative estimate of drug-likeness (QED) is 0.685. The molecule has 26 heavy (non-hydrogen) atoms. The second-order valence-corrected chi connectivity index (χ2v) is 5.88. The van der Waals surface area contributed by atoms with Gasteiger partial charge < -0.3 is 5.32 Å². The minimum absolute atomic E-state index is 0.258. The molecule has 2 aromatic carbocycles. The molecule has 0 unspecified atom stereocenters. The molecule has 0 fully saturated rings. The zero-order chi connectivity index (χ0) is 17.9. The third-order valence-electron chi connectivity index (χ3n) is 4.15. The van der Waals surface area contributed by atoms with Crippen molar-refractivity contribution in [1.82, 2.24) is 4.90 Å². The molecule has 6 nitrogen and oxygen atoms in total. The number of amidine groups is 1. The van der Waals surface area contributed by atoms with Crippen LogP contribution in [0.2, 0.25) is 0 Å². The normalized spacial score (nSPS) is 15.9. The van der Waals surface area contributed by atoms with Gasteiger partial charge in [-0.25, -0.2) is 0 Å². The van der Waals surface area contributed by atoms with Gasteiger partial charge in [-0.3, -0.25) is 14.5 Å². The van der Waals surface area contributed by atoms with E-state index in [0.29, 0.717) is 23.8 Å². The summed E-state index contributed by atoms with van der Waals surface area (Å²) in [7, 11) is 0. The molecular weight excluding hydrogens is 328 g/mol. The topological polar surface area (TPSA) is 67.7 Å². The first kappa shape index (κ1) is 16.0. The largest absolute Gasteiger partial charge is 0.320 e. The van der Waals surface area contributed by atoms with E-state index in [2.05, 4.69) is 10.3 Å². The lowest BCUT2D eigenvalue weighted by molar-refractivity contribution is -0.112. The highest BCUT2D eigenvalue weighted by Crippen LogP contribution is 2.24. The van der Waals surface area contributed by atoms with E-state index in [9.17, 15) is 9.59 Å². The summed E-state index contributed by atoms with van der Waals surface area (Å²) in [6.45, 7) is 0.475. The Morgan fingerprint density at radius 2 is 1.88 bits per heavy atom. The Labute approximate surface area is 150 Å². The van der Waals surface area contributed by atoms with Gasteiger partial charge in [-0.1, -0.05) is 35.2 Å². The highest BCUT2D eigenvalue weighted by atomic mass is 16.2. The third kappa shape index (κ3) is 3.05. The number of carbonyl (C=O) groups is 2. The van der Waals surface area contributed by atoms with E-state index in [4.69, 9.17) is 0 Å². The molecule has 127 valence electrons. The second kappa shape index (κ2) is 6.78. The Morgan fingerprint density at radius 3 is 2.69 bits per heavy atom. The van der Waals surface area contributed by atoms with Gasteiger partial charge in [-0.15, -0.1) is 0 Å². The van der Waals surface area contributed by atoms with Gasteiger partial charge in [0, 0.05) is 23.5 Å². The molecular formula is C20H16N4O2+. The zero-order valence-corrected chi connectivity index (χ0v) is 13.9. The highest BCUT2D eigenvalue weighted by molar-refractivity contribution is 6.10. The molecule has 2 heterocycles. The molecule has 0 aliphatic carbocycles. The molecule has 1 radical (unpaired) electrons. The number of para-hydroxylation sites is 2. The first-order valence-electron chi connectivity index (χ1n) is 8.17. The Kier molecular flexibility index (Phi) is 4.17. The van der Waals surface area contributed by atoms with E-state index in [0.717, 1.165) is 17.7 Å². The summed E-state index contributed by atoms with van der Waals surface area (Å²) in [5, 5.41) is 2.83. The van der Waals surface area contributed by atoms with Crippen molar-refractivity contribution in [2.75, 3.05) is 16.9 Å². The van der Waals surface area contributed by atoms with Crippen molar-refractivity contribution in [2.24, 2.45) is 4.99 Å². The van der Waals surface area contributed by atoms with Crippen LogP contribution >= 0.6 is 0 Å². The number of nitrogens with one attached hydrogen (secondary N) is 1. The van der Waals surface area contributed by atoms with Crippen molar-refractivity contribution in [3.05, 3.63) is 84.3 Å². The smallest absolute Gasteiger partial charge is 0.285 e. The average molecular weight is 344 g/mol. The molecule has 0 aromatic heterocycles. The number of fused-ring (bicyclic) bond motifs is 1. The lowest BCUT2D eigenvalue weighted by atomic mass is 10.2. The molecule has 4 rings (SSSR count). The van der Waals surface area contributed by atoms with Crippen molar-refractivity contribution in [1.29, 1.82) is 0 Å². The molecule has 0 atom stereocenters. The maximum Gasteiger partial charge on any atom is 0.285 e. The summed E-state index contributed by atoms with van der Waals surface area (Å²) in [4.78, 5) is 31.9. The summed E-state index contributed by atoms with van der Waals surface area (Å²) in [6, 6.07) is 16.6. The van der Waals surface area contributed by atoms with Crippen LogP contribution in [-0.2, 0) is 4.79 Å². The summed E-state index contributed by atoms with van der Waals surface area (Å²) in [5.41, 5.74) is 2.50. The van der Waals surface area contributed by atoms with Gasteiger partial charge in [0.2, 0.25) is 6.67 Å². The van der Waals surface area contributed by atoms with Gasteiger partial charge in [0.25, 0.3) is 11.7 Å². The van der Waals surface area contributed by atoms with E-state index < -0.39 is 0 Å². The summed E-state index contributed by atoms with van der Waals surface area (Å²) >= 11 is 0. The number of hydrogen-bond donors (Lipinski definition) is 1. The average Bonchev–Trinajstić information content (AvgIpc) is 3.12. The first-order chi connectivity index (χ1) is 12.7. The standard InChI is InChI=1S/C20H16N4O2/c25-13-15-6-4-5-9-18(15)23-11-10-19-22-17(12-24(19)14-23)20(26)21-16-7-2-1-3-8-16/h1-13H,14H2,(H,21,26)/q+1. The minimum atomic E-state index is -0.258. The lowest BCUT2D eigenvalue weighted by Gasteiger charge is -2.23. The van der Waals surface area contributed by atoms with Gasteiger partial charge in [-0.05, 0) is 24.3 Å². The first-order valence-corrected chi connectivity index (χ1v) is 8.17. The molecule has 0 saturated carbocycles. The number of hydrogen-bond acceptors (Lipinski definition) is 5. The number of carbonyl (C=O) groups excluding carboxylic acids is 2. The zero-order valence-electron chi connectivity index (χ0n) is 13.9. The number of aliphatic imine (C=N–C) groups is 1. The lowest BCUT2D eigenvalue weighted by Crippen LogP contribution is -2.42. The van der Waals surface area contributed by atoms with Crippen molar-refractivity contribution in [2.45, 2.75) is 0 Å². The Balaban J connectivity index is 1.52. The molecule has 0 spiro atoms. The van der Waals surface area contributed by atoms with Crippen molar-refractivity contribution < 1.29 is 9.59 Å². The van der Waals surface area contributed by atoms with Crippen LogP contribution in [0.4, 0.5) is 11.4 Å². The van der Waals surface area contributed by atoms with Gasteiger partial charge in [0.15, 0.2) is 18.2 Å². The fourth-order valence-corrected chi connectivity index (χ4v) is 2.88. The summed E-state index contributed by atoms with van der Waals surface area (Å²) in [6.07, 6.45) is 6.24. The van der Waals surface area contributed by atoms with Crippen LogP contribution in [0.5, 0.6) is 0 Å². The molecule has 2 aliphatic rings. The number of anilines is 2. The molecule has 2 aliphatic heterocycles. The number of nitrogens with zero attached hydrogens (tertiary/aromatic N) is 3. The predicted octanol–water partition coefficient (Wildman–Crippen LogP) is 2.82. The molecule has 1 amide bonds. The Bertz CT molecular complexity index is 947. The van der Waals surface area contributed by atoms with Crippen LogP contribution in [0.15, 0.2) is 83.8 Å². The number of benzene rings is 2. The summed E-state index contributed by atoms with van der Waals surface area (Å²) in [5.74, 6) is 0.439. The van der Waals surface area contributed by atoms with Gasteiger partial charge in [0.05, 0.1) is 5.69 Å². The van der Waals surface area contributed by atoms with E-state index in [1.165, 1.54) is 0 Å².